The van der Waals surface area contributed by atoms with E-state index in [0.717, 1.165) is 44.1 Å². The second-order valence-corrected chi connectivity index (χ2v) is 11.1. The molecule has 0 saturated heterocycles. The molecule has 3 aromatic heterocycles. The largest absolute Gasteiger partial charge is 0.337 e. The van der Waals surface area contributed by atoms with Gasteiger partial charge in [-0.2, -0.15) is 0 Å². The van der Waals surface area contributed by atoms with E-state index in [4.69, 9.17) is 21.6 Å². The Balaban J connectivity index is 1.85. The highest BCUT2D eigenvalue weighted by molar-refractivity contribution is 9.10. The van der Waals surface area contributed by atoms with E-state index < -0.39 is 0 Å². The van der Waals surface area contributed by atoms with Gasteiger partial charge in [-0.15, -0.1) is 0 Å². The van der Waals surface area contributed by atoms with Crippen LogP contribution in [0.2, 0.25) is 5.02 Å². The van der Waals surface area contributed by atoms with Gasteiger partial charge in [0.15, 0.2) is 0 Å². The van der Waals surface area contributed by atoms with Crippen molar-refractivity contribution in [3.63, 3.8) is 0 Å². The number of nitrogens with zero attached hydrogens (tertiary/aromatic N) is 3. The van der Waals surface area contributed by atoms with Gasteiger partial charge in [0.05, 0.1) is 22.1 Å². The Morgan fingerprint density at radius 2 is 1.32 bits per heavy atom. The Kier molecular flexibility index (Phi) is 6.78. The first-order valence-corrected chi connectivity index (χ1v) is 13.3. The molecule has 0 unspecified atom stereocenters. The molecule has 1 N–H and O–H groups in total. The molecule has 186 valence electrons. The normalized spacial score (nSPS) is 11.2. The molecule has 37 heavy (non-hydrogen) atoms. The van der Waals surface area contributed by atoms with E-state index in [1.165, 1.54) is 38.9 Å². The Bertz CT molecular complexity index is 1550. The Morgan fingerprint density at radius 1 is 0.730 bits per heavy atom. The number of halogens is 2. The molecule has 0 fully saturated rings. The van der Waals surface area contributed by atoms with Crippen LogP contribution in [0.15, 0.2) is 59.5 Å². The molecule has 6 heteroatoms. The van der Waals surface area contributed by atoms with Gasteiger partial charge in [-0.1, -0.05) is 47.0 Å². The lowest BCUT2D eigenvalue weighted by Gasteiger charge is -2.14. The number of nitrogens with one attached hydrogen (secondary N) is 1. The zero-order valence-corrected chi connectivity index (χ0v) is 24.1. The van der Waals surface area contributed by atoms with Crippen molar-refractivity contribution in [1.29, 1.82) is 0 Å². The van der Waals surface area contributed by atoms with Crippen LogP contribution in [0.1, 0.15) is 33.4 Å². The molecular formula is C31H28BrClN4. The topological polar surface area (TPSA) is 54.5 Å². The number of hydrogen-bond acceptors (Lipinski definition) is 3. The second-order valence-electron chi connectivity index (χ2n) is 9.76. The summed E-state index contributed by atoms with van der Waals surface area (Å²) in [6.45, 7) is 12.9. The number of aromatic nitrogens is 4. The maximum absolute atomic E-state index is 6.55. The van der Waals surface area contributed by atoms with Gasteiger partial charge >= 0.3 is 0 Å². The molecule has 0 aliphatic carbocycles. The van der Waals surface area contributed by atoms with Crippen molar-refractivity contribution in [1.82, 2.24) is 19.9 Å². The van der Waals surface area contributed by atoms with Crippen molar-refractivity contribution in [3.8, 4) is 45.2 Å². The van der Waals surface area contributed by atoms with Crippen LogP contribution in [0.3, 0.4) is 0 Å². The van der Waals surface area contributed by atoms with E-state index in [2.05, 4.69) is 91.7 Å². The van der Waals surface area contributed by atoms with E-state index in [1.807, 2.05) is 12.1 Å². The van der Waals surface area contributed by atoms with Gasteiger partial charge in [0.2, 0.25) is 0 Å². The number of pyridine rings is 2. The molecule has 5 aromatic rings. The van der Waals surface area contributed by atoms with Crippen LogP contribution in [0, 0.1) is 41.5 Å². The lowest BCUT2D eigenvalue weighted by molar-refractivity contribution is 1.24. The summed E-state index contributed by atoms with van der Waals surface area (Å²) < 4.78 is 0.862. The molecule has 0 bridgehead atoms. The van der Waals surface area contributed by atoms with Gasteiger partial charge in [0.25, 0.3) is 0 Å². The van der Waals surface area contributed by atoms with Gasteiger partial charge in [-0.05, 0) is 91.9 Å². The summed E-state index contributed by atoms with van der Waals surface area (Å²) in [5.74, 6) is 0.737. The van der Waals surface area contributed by atoms with Crippen LogP contribution in [-0.4, -0.2) is 19.9 Å². The summed E-state index contributed by atoms with van der Waals surface area (Å²) in [6.07, 6.45) is 5.15. The van der Waals surface area contributed by atoms with Gasteiger partial charge in [0, 0.05) is 45.3 Å². The van der Waals surface area contributed by atoms with Gasteiger partial charge in [-0.25, -0.2) is 4.98 Å². The van der Waals surface area contributed by atoms with Crippen LogP contribution in [-0.2, 0) is 0 Å². The smallest absolute Gasteiger partial charge is 0.140 e. The fourth-order valence-corrected chi connectivity index (χ4v) is 5.93. The van der Waals surface area contributed by atoms with Crippen LogP contribution < -0.4 is 0 Å². The third kappa shape index (κ3) is 4.74. The van der Waals surface area contributed by atoms with Gasteiger partial charge in [-0.3, -0.25) is 9.97 Å². The number of H-pyrrole nitrogens is 1. The molecule has 3 heterocycles. The highest BCUT2D eigenvalue weighted by atomic mass is 79.9. The molecule has 0 aliphatic rings. The first kappa shape index (κ1) is 25.4. The third-order valence-corrected chi connectivity index (χ3v) is 7.42. The lowest BCUT2D eigenvalue weighted by atomic mass is 9.91. The zero-order valence-electron chi connectivity index (χ0n) is 21.8. The Labute approximate surface area is 231 Å². The monoisotopic (exact) mass is 570 g/mol. The fourth-order valence-electron chi connectivity index (χ4n) is 5.39. The van der Waals surface area contributed by atoms with Crippen molar-refractivity contribution in [3.05, 3.63) is 97.9 Å². The molecule has 0 aliphatic heterocycles. The number of rotatable bonds is 4. The number of aryl methyl sites for hydroxylation is 6. The first-order chi connectivity index (χ1) is 17.6. The molecule has 4 nitrogen and oxygen atoms in total. The highest BCUT2D eigenvalue weighted by Crippen LogP contribution is 2.42. The molecule has 0 atom stereocenters. The van der Waals surface area contributed by atoms with Crippen molar-refractivity contribution in [2.45, 2.75) is 41.5 Å². The summed E-state index contributed by atoms with van der Waals surface area (Å²) in [4.78, 5) is 17.9. The summed E-state index contributed by atoms with van der Waals surface area (Å²) in [5, 5.41) is 0.543. The maximum Gasteiger partial charge on any atom is 0.140 e. The van der Waals surface area contributed by atoms with Crippen LogP contribution in [0.25, 0.3) is 45.2 Å². The van der Waals surface area contributed by atoms with Crippen LogP contribution in [0.4, 0.5) is 0 Å². The lowest BCUT2D eigenvalue weighted by Crippen LogP contribution is -1.96. The standard InChI is InChI=1S/C31H28BrClN4/c1-16-9-18(3)26(19(4)10-16)29-30(27-20(5)11-17(2)12-21(27)6)37-31(36-29)24-13-22(32)14-35-28(24)23-7-8-34-15-25(23)33/h7-15H,1-6H3,(H,36,37). The molecular weight excluding hydrogens is 544 g/mol. The number of benzene rings is 2. The SMILES string of the molecule is Cc1cc(C)c(-c2nc(-c3cc(Br)cnc3-c3ccncc3Cl)[nH]c2-c2c(C)cc(C)cc2C)c(C)c1. The van der Waals surface area contributed by atoms with Crippen molar-refractivity contribution in [2.24, 2.45) is 0 Å². The maximum atomic E-state index is 6.55. The minimum absolute atomic E-state index is 0.543. The number of hydrogen-bond donors (Lipinski definition) is 1. The predicted molar refractivity (Wildman–Crippen MR) is 157 cm³/mol. The van der Waals surface area contributed by atoms with Gasteiger partial charge in [0.1, 0.15) is 5.82 Å². The molecule has 5 rings (SSSR count). The van der Waals surface area contributed by atoms with Gasteiger partial charge < -0.3 is 4.98 Å². The summed E-state index contributed by atoms with van der Waals surface area (Å²) >= 11 is 10.2. The van der Waals surface area contributed by atoms with E-state index in [0.29, 0.717) is 5.02 Å². The zero-order chi connectivity index (χ0) is 26.4. The molecule has 2 aromatic carbocycles. The van der Waals surface area contributed by atoms with E-state index in [1.54, 1.807) is 18.6 Å². The summed E-state index contributed by atoms with van der Waals surface area (Å²) in [5.41, 5.74) is 14.0. The van der Waals surface area contributed by atoms with Crippen molar-refractivity contribution >= 4 is 27.5 Å². The number of imidazole rings is 1. The minimum atomic E-state index is 0.543. The quantitative estimate of drug-likeness (QED) is 0.234. The Morgan fingerprint density at radius 3 is 1.92 bits per heavy atom. The molecule has 0 saturated carbocycles. The van der Waals surface area contributed by atoms with E-state index in [9.17, 15) is 0 Å². The van der Waals surface area contributed by atoms with Crippen LogP contribution in [0.5, 0.6) is 0 Å². The molecule has 0 spiro atoms. The van der Waals surface area contributed by atoms with E-state index >= 15 is 0 Å². The summed E-state index contributed by atoms with van der Waals surface area (Å²) in [7, 11) is 0. The van der Waals surface area contributed by atoms with E-state index in [-0.39, 0.29) is 0 Å². The average molecular weight is 572 g/mol. The highest BCUT2D eigenvalue weighted by Gasteiger charge is 2.23. The Hall–Kier alpha value is -3.28. The first-order valence-electron chi connectivity index (χ1n) is 12.2. The van der Waals surface area contributed by atoms with Crippen LogP contribution >= 0.6 is 27.5 Å². The summed E-state index contributed by atoms with van der Waals surface area (Å²) in [6, 6.07) is 12.8. The predicted octanol–water partition coefficient (Wildman–Crippen LogP) is 9.13. The van der Waals surface area contributed by atoms with Crippen molar-refractivity contribution < 1.29 is 0 Å². The second kappa shape index (κ2) is 9.88. The average Bonchev–Trinajstić information content (AvgIpc) is 3.22. The third-order valence-electron chi connectivity index (χ3n) is 6.68. The molecule has 0 amide bonds. The molecule has 0 radical (unpaired) electrons. The number of aromatic amines is 1. The fraction of sp³-hybridized carbons (Fsp3) is 0.194. The van der Waals surface area contributed by atoms with Crippen molar-refractivity contribution in [2.75, 3.05) is 0 Å². The minimum Gasteiger partial charge on any atom is -0.337 e.